The smallest absolute Gasteiger partial charge is 0.320 e. The molecule has 2 atom stereocenters. The molecule has 7 nitrogen and oxygen atoms in total. The Morgan fingerprint density at radius 3 is 1.13 bits per heavy atom. The van der Waals surface area contributed by atoms with Gasteiger partial charge in [0.05, 0.1) is 19.8 Å². The maximum Gasteiger partial charge on any atom is 0.320 e. The molecule has 0 aliphatic carbocycles. The Bertz CT molecular complexity index is 858. The average molecular weight is 766 g/mol. The number of carbonyl (C=O) groups is 3. The zero-order valence-electron chi connectivity index (χ0n) is 37.7. The van der Waals surface area contributed by atoms with Gasteiger partial charge >= 0.3 is 17.9 Å². The van der Waals surface area contributed by atoms with Gasteiger partial charge in [-0.05, 0) is 108 Å². The molecule has 0 fully saturated rings. The molecule has 0 aliphatic rings. The van der Waals surface area contributed by atoms with Crippen molar-refractivity contribution in [2.75, 3.05) is 26.8 Å². The van der Waals surface area contributed by atoms with Crippen molar-refractivity contribution in [1.29, 1.82) is 0 Å². The lowest BCUT2D eigenvalue weighted by atomic mass is 9.89. The van der Waals surface area contributed by atoms with Gasteiger partial charge in [0.15, 0.2) is 0 Å². The summed E-state index contributed by atoms with van der Waals surface area (Å²) in [6, 6.07) is 0.306. The summed E-state index contributed by atoms with van der Waals surface area (Å²) in [5.74, 6) is 3.17. The number of nitrogens with zero attached hydrogens (tertiary/aromatic N) is 1. The lowest BCUT2D eigenvalue weighted by Crippen LogP contribution is -2.34. The van der Waals surface area contributed by atoms with Crippen molar-refractivity contribution >= 4 is 17.9 Å². The topological polar surface area (TPSA) is 82.1 Å². The Hall–Kier alpha value is -1.63. The van der Waals surface area contributed by atoms with Gasteiger partial charge in [0, 0.05) is 18.9 Å². The third-order valence-electron chi connectivity index (χ3n) is 11.4. The van der Waals surface area contributed by atoms with Crippen LogP contribution in [0.2, 0.25) is 0 Å². The van der Waals surface area contributed by atoms with Gasteiger partial charge < -0.3 is 14.2 Å². The van der Waals surface area contributed by atoms with E-state index in [0.717, 1.165) is 89.9 Å². The summed E-state index contributed by atoms with van der Waals surface area (Å²) >= 11 is 0. The fourth-order valence-corrected chi connectivity index (χ4v) is 6.78. The highest BCUT2D eigenvalue weighted by molar-refractivity contribution is 5.72. The van der Waals surface area contributed by atoms with Crippen molar-refractivity contribution in [3.8, 4) is 0 Å². The number of unbranched alkanes of at least 4 members (excludes halogenated alkanes) is 12. The van der Waals surface area contributed by atoms with E-state index in [2.05, 4.69) is 69.2 Å². The molecule has 0 radical (unpaired) electrons. The number of hydrogen-bond acceptors (Lipinski definition) is 7. The molecule has 0 bridgehead atoms. The van der Waals surface area contributed by atoms with Crippen LogP contribution in [0.1, 0.15) is 210 Å². The zero-order valence-corrected chi connectivity index (χ0v) is 37.7. The van der Waals surface area contributed by atoms with Crippen LogP contribution in [0.3, 0.4) is 0 Å². The SMILES string of the molecule is CC(C)CCC(COC(=O)CCCCCCCCCC(CCCCCCCCCC(=O)OCC(CCC(C)C)C(C)C)OC(=O)CN(C)C(C)C)C(C)C. The molecule has 0 amide bonds. The number of likely N-dealkylation sites (N-methyl/N-ethyl adjacent to an activating group) is 1. The Morgan fingerprint density at radius 2 is 0.796 bits per heavy atom. The molecule has 0 aliphatic heterocycles. The molecule has 0 aromatic heterocycles. The predicted octanol–water partition coefficient (Wildman–Crippen LogP) is 12.8. The molecule has 0 N–H and O–H groups in total. The standard InChI is InChI=1S/C47H91NO6/c1-37(2)30-32-42(39(5)6)35-52-45(49)28-24-20-16-12-14-18-22-26-44(54-47(51)34-48(11)41(9)10)27-23-19-15-13-17-21-25-29-46(50)53-36-43(40(7)8)33-31-38(3)4/h37-44H,12-36H2,1-11H3. The van der Waals surface area contributed by atoms with Gasteiger partial charge in [0.2, 0.25) is 0 Å². The molecule has 0 aromatic carbocycles. The van der Waals surface area contributed by atoms with Gasteiger partial charge in [-0.15, -0.1) is 0 Å². The molecule has 7 heteroatoms. The van der Waals surface area contributed by atoms with Gasteiger partial charge in [0.1, 0.15) is 6.10 Å². The molecule has 0 spiro atoms. The maximum absolute atomic E-state index is 12.7. The molecular formula is C47H91NO6. The fourth-order valence-electron chi connectivity index (χ4n) is 6.78. The van der Waals surface area contributed by atoms with Gasteiger partial charge in [-0.2, -0.15) is 0 Å². The Balaban J connectivity index is 4.27. The van der Waals surface area contributed by atoms with Crippen molar-refractivity contribution in [2.45, 2.75) is 223 Å². The second kappa shape index (κ2) is 33.5. The lowest BCUT2D eigenvalue weighted by molar-refractivity contribution is -0.151. The minimum atomic E-state index is -0.112. The first-order valence-corrected chi connectivity index (χ1v) is 22.8. The van der Waals surface area contributed by atoms with Crippen LogP contribution >= 0.6 is 0 Å². The van der Waals surface area contributed by atoms with Crippen molar-refractivity contribution in [3.63, 3.8) is 0 Å². The van der Waals surface area contributed by atoms with Crippen LogP contribution in [0.25, 0.3) is 0 Å². The molecule has 0 saturated heterocycles. The van der Waals surface area contributed by atoms with E-state index >= 15 is 0 Å². The second-order valence-electron chi connectivity index (χ2n) is 18.5. The van der Waals surface area contributed by atoms with E-state index in [1.807, 2.05) is 11.9 Å². The molecule has 0 rings (SSSR count). The summed E-state index contributed by atoms with van der Waals surface area (Å²) in [6.45, 7) is 23.6. The summed E-state index contributed by atoms with van der Waals surface area (Å²) < 4.78 is 17.3. The Morgan fingerprint density at radius 1 is 0.444 bits per heavy atom. The average Bonchev–Trinajstić information content (AvgIpc) is 3.09. The van der Waals surface area contributed by atoms with E-state index < -0.39 is 0 Å². The first-order chi connectivity index (χ1) is 25.6. The molecule has 0 aromatic rings. The van der Waals surface area contributed by atoms with Crippen molar-refractivity contribution in [2.24, 2.45) is 35.5 Å². The third-order valence-corrected chi connectivity index (χ3v) is 11.4. The van der Waals surface area contributed by atoms with E-state index in [4.69, 9.17) is 14.2 Å². The number of ether oxygens (including phenoxy) is 3. The summed E-state index contributed by atoms with van der Waals surface area (Å²) in [5, 5.41) is 0. The van der Waals surface area contributed by atoms with Crippen LogP contribution in [0.5, 0.6) is 0 Å². The van der Waals surface area contributed by atoms with Crippen LogP contribution in [-0.4, -0.2) is 61.8 Å². The summed E-state index contributed by atoms with van der Waals surface area (Å²) in [7, 11) is 1.97. The first kappa shape index (κ1) is 52.4. The van der Waals surface area contributed by atoms with Crippen LogP contribution in [0, 0.1) is 35.5 Å². The summed E-state index contributed by atoms with van der Waals surface area (Å²) in [6.07, 6.45) is 23.0. The van der Waals surface area contributed by atoms with Crippen LogP contribution in [0.4, 0.5) is 0 Å². The number of carbonyl (C=O) groups excluding carboxylic acids is 3. The molecule has 320 valence electrons. The van der Waals surface area contributed by atoms with Crippen LogP contribution in [0.15, 0.2) is 0 Å². The highest BCUT2D eigenvalue weighted by Crippen LogP contribution is 2.23. The van der Waals surface area contributed by atoms with E-state index in [9.17, 15) is 14.4 Å². The highest BCUT2D eigenvalue weighted by Gasteiger charge is 2.19. The molecular weight excluding hydrogens is 675 g/mol. The van der Waals surface area contributed by atoms with Crippen LogP contribution < -0.4 is 0 Å². The van der Waals surface area contributed by atoms with Crippen LogP contribution in [-0.2, 0) is 28.6 Å². The number of esters is 3. The Kier molecular flexibility index (Phi) is 32.5. The number of rotatable bonds is 36. The van der Waals surface area contributed by atoms with E-state index in [1.54, 1.807) is 0 Å². The van der Waals surface area contributed by atoms with E-state index in [-0.39, 0.29) is 24.0 Å². The minimum Gasteiger partial charge on any atom is -0.465 e. The van der Waals surface area contributed by atoms with Crippen molar-refractivity contribution in [3.05, 3.63) is 0 Å². The maximum atomic E-state index is 12.7. The number of hydrogen-bond donors (Lipinski definition) is 0. The normalized spacial score (nSPS) is 13.7. The fraction of sp³-hybridized carbons (Fsp3) is 0.936. The van der Waals surface area contributed by atoms with E-state index in [0.29, 0.717) is 74.1 Å². The third kappa shape index (κ3) is 31.6. The molecule has 0 heterocycles. The largest absolute Gasteiger partial charge is 0.465 e. The van der Waals surface area contributed by atoms with Crippen molar-refractivity contribution in [1.82, 2.24) is 4.90 Å². The predicted molar refractivity (Wildman–Crippen MR) is 227 cm³/mol. The zero-order chi connectivity index (χ0) is 40.7. The van der Waals surface area contributed by atoms with Gasteiger partial charge in [-0.3, -0.25) is 19.3 Å². The second-order valence-corrected chi connectivity index (χ2v) is 18.5. The van der Waals surface area contributed by atoms with Gasteiger partial charge in [-0.25, -0.2) is 0 Å². The molecule has 54 heavy (non-hydrogen) atoms. The lowest BCUT2D eigenvalue weighted by Gasteiger charge is -2.23. The molecule has 2 unspecified atom stereocenters. The highest BCUT2D eigenvalue weighted by atomic mass is 16.5. The Labute approximate surface area is 335 Å². The first-order valence-electron chi connectivity index (χ1n) is 22.8. The van der Waals surface area contributed by atoms with Crippen molar-refractivity contribution < 1.29 is 28.6 Å². The minimum absolute atomic E-state index is 0.00331. The molecule has 0 saturated carbocycles. The van der Waals surface area contributed by atoms with E-state index in [1.165, 1.54) is 38.5 Å². The van der Waals surface area contributed by atoms with Gasteiger partial charge in [-0.1, -0.05) is 132 Å². The monoisotopic (exact) mass is 766 g/mol. The summed E-state index contributed by atoms with van der Waals surface area (Å²) in [4.78, 5) is 39.4. The van der Waals surface area contributed by atoms with Gasteiger partial charge in [0.25, 0.3) is 0 Å². The quantitative estimate of drug-likeness (QED) is 0.0357. The summed E-state index contributed by atoms with van der Waals surface area (Å²) in [5.41, 5.74) is 0.